The minimum Gasteiger partial charge on any atom is -0.490 e. The van der Waals surface area contributed by atoms with Gasteiger partial charge in [0.1, 0.15) is 0 Å². The fourth-order valence-electron chi connectivity index (χ4n) is 1.76. The molecule has 0 aliphatic carbocycles. The summed E-state index contributed by atoms with van der Waals surface area (Å²) in [4.78, 5) is 0. The summed E-state index contributed by atoms with van der Waals surface area (Å²) in [6.07, 6.45) is 0. The zero-order valence-electron chi connectivity index (χ0n) is 11.1. The lowest BCUT2D eigenvalue weighted by atomic mass is 10.1. The van der Waals surface area contributed by atoms with E-state index in [-0.39, 0.29) is 12.0 Å². The van der Waals surface area contributed by atoms with Crippen LogP contribution in [0.5, 0.6) is 11.5 Å². The Morgan fingerprint density at radius 2 is 1.82 bits per heavy atom. The fourth-order valence-corrected chi connectivity index (χ4v) is 2.23. The number of hydrogen-bond donors (Lipinski definition) is 0. The summed E-state index contributed by atoms with van der Waals surface area (Å²) in [5, 5.41) is 0.249. The van der Waals surface area contributed by atoms with Crippen molar-refractivity contribution in [3.05, 3.63) is 36.1 Å². The van der Waals surface area contributed by atoms with Crippen molar-refractivity contribution >= 4 is 20.9 Å². The molecule has 0 spiro atoms. The Bertz CT molecular complexity index is 800. The first-order chi connectivity index (χ1) is 10.2. The van der Waals surface area contributed by atoms with E-state index in [1.165, 1.54) is 31.2 Å². The van der Waals surface area contributed by atoms with E-state index in [4.69, 9.17) is 4.74 Å². The summed E-state index contributed by atoms with van der Waals surface area (Å²) in [7, 11) is -6.00. The molecule has 0 aromatic heterocycles. The average Bonchev–Trinajstić information content (AvgIpc) is 2.42. The van der Waals surface area contributed by atoms with Crippen LogP contribution in [0.15, 0.2) is 30.3 Å². The smallest absolute Gasteiger partial charge is 0.490 e. The fraction of sp³-hybridized carbons (Fsp3) is 0.231. The van der Waals surface area contributed by atoms with Crippen LogP contribution in [0.4, 0.5) is 17.6 Å². The van der Waals surface area contributed by atoms with Gasteiger partial charge in [-0.3, -0.25) is 0 Å². The zero-order chi connectivity index (χ0) is 16.5. The van der Waals surface area contributed by atoms with Gasteiger partial charge in [-0.1, -0.05) is 24.3 Å². The molecule has 0 radical (unpaired) electrons. The predicted octanol–water partition coefficient (Wildman–Crippen LogP) is 3.61. The summed E-state index contributed by atoms with van der Waals surface area (Å²) in [6.45, 7) is 1.50. The molecule has 0 fully saturated rings. The first-order valence-electron chi connectivity index (χ1n) is 6.02. The van der Waals surface area contributed by atoms with Crippen LogP contribution in [-0.4, -0.2) is 20.5 Å². The van der Waals surface area contributed by atoms with Crippen LogP contribution >= 0.6 is 0 Å². The second-order valence-corrected chi connectivity index (χ2v) is 5.69. The Labute approximate surface area is 123 Å². The maximum atomic E-state index is 14.3. The lowest BCUT2D eigenvalue weighted by molar-refractivity contribution is -0.0501. The van der Waals surface area contributed by atoms with Gasteiger partial charge in [-0.25, -0.2) is 4.39 Å². The minimum absolute atomic E-state index is 0.0137. The quantitative estimate of drug-likeness (QED) is 0.485. The highest BCUT2D eigenvalue weighted by Gasteiger charge is 2.49. The molecule has 2 aromatic rings. The van der Waals surface area contributed by atoms with E-state index < -0.39 is 32.9 Å². The maximum Gasteiger partial charge on any atom is 0.534 e. The van der Waals surface area contributed by atoms with Crippen molar-refractivity contribution in [2.45, 2.75) is 12.4 Å². The summed E-state index contributed by atoms with van der Waals surface area (Å²) in [6, 6.07) is 7.04. The van der Waals surface area contributed by atoms with E-state index in [1.54, 1.807) is 6.07 Å². The number of halogens is 4. The Morgan fingerprint density at radius 3 is 2.41 bits per heavy atom. The highest BCUT2D eigenvalue weighted by molar-refractivity contribution is 7.88. The number of fused-ring (bicyclic) bond motifs is 1. The molecule has 0 amide bonds. The van der Waals surface area contributed by atoms with Crippen molar-refractivity contribution in [1.29, 1.82) is 0 Å². The van der Waals surface area contributed by atoms with Crippen molar-refractivity contribution in [2.24, 2.45) is 0 Å². The third-order valence-corrected chi connectivity index (χ3v) is 3.64. The van der Waals surface area contributed by atoms with Crippen molar-refractivity contribution in [3.8, 4) is 11.5 Å². The third-order valence-electron chi connectivity index (χ3n) is 2.68. The Hall–Kier alpha value is -2.03. The van der Waals surface area contributed by atoms with E-state index in [2.05, 4.69) is 4.18 Å². The number of alkyl halides is 3. The van der Waals surface area contributed by atoms with Crippen molar-refractivity contribution in [2.75, 3.05) is 6.61 Å². The van der Waals surface area contributed by atoms with Gasteiger partial charge >= 0.3 is 15.6 Å². The molecule has 0 atom stereocenters. The topological polar surface area (TPSA) is 52.6 Å². The summed E-state index contributed by atoms with van der Waals surface area (Å²) in [5.74, 6) is -2.78. The van der Waals surface area contributed by atoms with Gasteiger partial charge in [-0.05, 0) is 18.4 Å². The van der Waals surface area contributed by atoms with Crippen molar-refractivity contribution in [1.82, 2.24) is 0 Å². The van der Waals surface area contributed by atoms with E-state index in [1.807, 2.05) is 0 Å². The van der Waals surface area contributed by atoms with Gasteiger partial charge in [0, 0.05) is 5.39 Å². The molecule has 0 heterocycles. The molecule has 0 aliphatic rings. The normalized spacial score (nSPS) is 12.4. The van der Waals surface area contributed by atoms with Gasteiger partial charge in [0.05, 0.1) is 6.61 Å². The minimum atomic E-state index is -6.00. The molecule has 9 heteroatoms. The molecule has 120 valence electrons. The van der Waals surface area contributed by atoms with Gasteiger partial charge in [0.15, 0.2) is 11.6 Å². The maximum absolute atomic E-state index is 14.3. The number of ether oxygens (including phenoxy) is 1. The lowest BCUT2D eigenvalue weighted by Crippen LogP contribution is -2.28. The second-order valence-electron chi connectivity index (χ2n) is 4.16. The van der Waals surface area contributed by atoms with Crippen LogP contribution in [0.2, 0.25) is 0 Å². The van der Waals surface area contributed by atoms with Crippen LogP contribution < -0.4 is 8.92 Å². The Kier molecular flexibility index (Phi) is 4.19. The van der Waals surface area contributed by atoms with E-state index in [9.17, 15) is 26.0 Å². The SMILES string of the molecule is CCOc1cc2ccccc2c(F)c1OS(=O)(=O)C(F)(F)F. The van der Waals surface area contributed by atoms with Crippen LogP contribution in [0, 0.1) is 5.82 Å². The van der Waals surface area contributed by atoms with E-state index in [0.29, 0.717) is 5.39 Å². The molecule has 0 aliphatic heterocycles. The predicted molar refractivity (Wildman–Crippen MR) is 70.7 cm³/mol. The first-order valence-corrected chi connectivity index (χ1v) is 7.43. The lowest BCUT2D eigenvalue weighted by Gasteiger charge is -2.15. The largest absolute Gasteiger partial charge is 0.534 e. The highest BCUT2D eigenvalue weighted by atomic mass is 32.2. The van der Waals surface area contributed by atoms with Crippen molar-refractivity contribution in [3.63, 3.8) is 0 Å². The number of benzene rings is 2. The number of rotatable bonds is 4. The van der Waals surface area contributed by atoms with Crippen LogP contribution in [0.3, 0.4) is 0 Å². The molecule has 4 nitrogen and oxygen atoms in total. The second kappa shape index (κ2) is 5.64. The molecule has 2 aromatic carbocycles. The molecule has 0 N–H and O–H groups in total. The molecule has 0 bridgehead atoms. The molecule has 0 saturated carbocycles. The van der Waals surface area contributed by atoms with Gasteiger partial charge < -0.3 is 8.92 Å². The zero-order valence-corrected chi connectivity index (χ0v) is 12.0. The van der Waals surface area contributed by atoms with E-state index >= 15 is 0 Å². The summed E-state index contributed by atoms with van der Waals surface area (Å²) >= 11 is 0. The molecular formula is C13H10F4O4S. The molecule has 2 rings (SSSR count). The van der Waals surface area contributed by atoms with Crippen LogP contribution in [0.25, 0.3) is 10.8 Å². The molecule has 0 unspecified atom stereocenters. The third kappa shape index (κ3) is 2.94. The van der Waals surface area contributed by atoms with Crippen LogP contribution in [-0.2, 0) is 10.1 Å². The summed E-state index contributed by atoms with van der Waals surface area (Å²) in [5.41, 5.74) is -5.67. The highest BCUT2D eigenvalue weighted by Crippen LogP contribution is 2.39. The van der Waals surface area contributed by atoms with Gasteiger partial charge in [0.2, 0.25) is 5.75 Å². The summed E-state index contributed by atoms with van der Waals surface area (Å²) < 4.78 is 82.7. The van der Waals surface area contributed by atoms with Crippen molar-refractivity contribution < 1.29 is 34.9 Å². The van der Waals surface area contributed by atoms with Gasteiger partial charge in [-0.2, -0.15) is 21.6 Å². The first kappa shape index (κ1) is 16.3. The van der Waals surface area contributed by atoms with Gasteiger partial charge in [-0.15, -0.1) is 0 Å². The molecular weight excluding hydrogens is 328 g/mol. The average molecular weight is 338 g/mol. The monoisotopic (exact) mass is 338 g/mol. The van der Waals surface area contributed by atoms with Crippen LogP contribution in [0.1, 0.15) is 6.92 Å². The standard InChI is InChI=1S/C13H10F4O4S/c1-2-20-10-7-8-5-3-4-6-9(8)11(14)12(10)21-22(18,19)13(15,16)17/h3-7H,2H2,1H3. The molecule has 0 saturated heterocycles. The Balaban J connectivity index is 2.66. The molecule has 22 heavy (non-hydrogen) atoms. The van der Waals surface area contributed by atoms with Gasteiger partial charge in [0.25, 0.3) is 0 Å². The van der Waals surface area contributed by atoms with E-state index in [0.717, 1.165) is 0 Å². The Morgan fingerprint density at radius 1 is 1.18 bits per heavy atom. The number of hydrogen-bond acceptors (Lipinski definition) is 4.